The predicted octanol–water partition coefficient (Wildman–Crippen LogP) is 3.51. The number of aliphatic carboxylic acids is 1. The fraction of sp³-hybridized carbons (Fsp3) is 0.133. The third kappa shape index (κ3) is 2.99. The average Bonchev–Trinajstić information content (AvgIpc) is 2.38. The number of halogens is 3. The molecule has 0 amide bonds. The number of carboxylic acids is 1. The maximum atomic E-state index is 13.6. The third-order valence-corrected chi connectivity index (χ3v) is 3.02. The van der Waals surface area contributed by atoms with Gasteiger partial charge >= 0.3 is 5.97 Å². The molecular weight excluding hydrogens is 269 g/mol. The van der Waals surface area contributed by atoms with Gasteiger partial charge in [-0.15, -0.1) is 0 Å². The summed E-state index contributed by atoms with van der Waals surface area (Å²) in [5.41, 5.74) is -0.149. The van der Waals surface area contributed by atoms with Gasteiger partial charge in [0.2, 0.25) is 0 Å². The first-order chi connectivity index (χ1) is 9.49. The van der Waals surface area contributed by atoms with Crippen LogP contribution in [0, 0.1) is 17.5 Å². The molecule has 0 aliphatic heterocycles. The lowest BCUT2D eigenvalue weighted by Gasteiger charge is -2.14. The summed E-state index contributed by atoms with van der Waals surface area (Å²) in [4.78, 5) is 11.3. The van der Waals surface area contributed by atoms with Crippen LogP contribution in [0.25, 0.3) is 0 Å². The molecule has 104 valence electrons. The Morgan fingerprint density at radius 1 is 1.05 bits per heavy atom. The summed E-state index contributed by atoms with van der Waals surface area (Å²) in [5, 5.41) is 9.19. The van der Waals surface area contributed by atoms with Crippen molar-refractivity contribution in [2.45, 2.75) is 12.3 Å². The molecule has 20 heavy (non-hydrogen) atoms. The van der Waals surface area contributed by atoms with Gasteiger partial charge in [0.25, 0.3) is 0 Å². The van der Waals surface area contributed by atoms with E-state index in [-0.39, 0.29) is 17.5 Å². The van der Waals surface area contributed by atoms with Crippen molar-refractivity contribution in [3.05, 3.63) is 71.0 Å². The largest absolute Gasteiger partial charge is 0.481 e. The smallest absolute Gasteiger partial charge is 0.311 e. The lowest BCUT2D eigenvalue weighted by Crippen LogP contribution is -2.16. The Kier molecular flexibility index (Phi) is 4.08. The fourth-order valence-electron chi connectivity index (χ4n) is 2.00. The number of carbonyl (C=O) groups is 1. The Hall–Kier alpha value is -2.30. The molecule has 2 rings (SSSR count). The van der Waals surface area contributed by atoms with Crippen LogP contribution in [0.5, 0.6) is 0 Å². The highest BCUT2D eigenvalue weighted by molar-refractivity contribution is 5.76. The first kappa shape index (κ1) is 14.1. The Morgan fingerprint density at radius 2 is 1.65 bits per heavy atom. The van der Waals surface area contributed by atoms with Crippen LogP contribution >= 0.6 is 0 Å². The van der Waals surface area contributed by atoms with Gasteiger partial charge in [-0.2, -0.15) is 0 Å². The van der Waals surface area contributed by atoms with Gasteiger partial charge in [-0.25, -0.2) is 13.2 Å². The van der Waals surface area contributed by atoms with E-state index in [4.69, 9.17) is 0 Å². The third-order valence-electron chi connectivity index (χ3n) is 3.02. The second kappa shape index (κ2) is 5.77. The minimum atomic E-state index is -1.27. The molecule has 0 saturated carbocycles. The highest BCUT2D eigenvalue weighted by Crippen LogP contribution is 2.25. The quantitative estimate of drug-likeness (QED) is 0.930. The molecule has 1 N–H and O–H groups in total. The maximum absolute atomic E-state index is 13.6. The Labute approximate surface area is 113 Å². The van der Waals surface area contributed by atoms with Crippen molar-refractivity contribution in [1.82, 2.24) is 0 Å². The van der Waals surface area contributed by atoms with E-state index >= 15 is 0 Å². The summed E-state index contributed by atoms with van der Waals surface area (Å²) in [7, 11) is 0. The Morgan fingerprint density at radius 3 is 2.20 bits per heavy atom. The van der Waals surface area contributed by atoms with Crippen LogP contribution in [0.4, 0.5) is 13.2 Å². The van der Waals surface area contributed by atoms with E-state index in [9.17, 15) is 23.1 Å². The molecular formula is C15H11F3O2. The first-order valence-corrected chi connectivity index (χ1v) is 5.90. The van der Waals surface area contributed by atoms with E-state index in [1.807, 2.05) is 0 Å². The zero-order valence-corrected chi connectivity index (χ0v) is 10.3. The number of hydrogen-bond donors (Lipinski definition) is 1. The van der Waals surface area contributed by atoms with Gasteiger partial charge in [-0.3, -0.25) is 4.79 Å². The molecule has 0 saturated heterocycles. The van der Waals surface area contributed by atoms with Crippen LogP contribution < -0.4 is 0 Å². The van der Waals surface area contributed by atoms with Crippen LogP contribution in [0.15, 0.2) is 42.5 Å². The lowest BCUT2D eigenvalue weighted by atomic mass is 9.91. The predicted molar refractivity (Wildman–Crippen MR) is 66.8 cm³/mol. The first-order valence-electron chi connectivity index (χ1n) is 5.90. The van der Waals surface area contributed by atoms with Crippen molar-refractivity contribution in [3.63, 3.8) is 0 Å². The van der Waals surface area contributed by atoms with Crippen LogP contribution in [0.1, 0.15) is 17.0 Å². The van der Waals surface area contributed by atoms with E-state index < -0.39 is 29.3 Å². The van der Waals surface area contributed by atoms with Gasteiger partial charge in [0.1, 0.15) is 17.5 Å². The molecule has 0 fully saturated rings. The number of hydrogen-bond acceptors (Lipinski definition) is 1. The molecule has 0 aromatic heterocycles. The lowest BCUT2D eigenvalue weighted by molar-refractivity contribution is -0.138. The van der Waals surface area contributed by atoms with Gasteiger partial charge < -0.3 is 5.11 Å². The molecule has 0 radical (unpaired) electrons. The van der Waals surface area contributed by atoms with Crippen molar-refractivity contribution in [2.75, 3.05) is 0 Å². The summed E-state index contributed by atoms with van der Waals surface area (Å²) in [6.07, 6.45) is -0.378. The normalized spacial score (nSPS) is 12.2. The molecule has 0 aliphatic rings. The molecule has 2 aromatic carbocycles. The van der Waals surface area contributed by atoms with Crippen molar-refractivity contribution in [1.29, 1.82) is 0 Å². The van der Waals surface area contributed by atoms with Gasteiger partial charge in [0, 0.05) is 5.56 Å². The van der Waals surface area contributed by atoms with Crippen LogP contribution in [-0.2, 0) is 11.2 Å². The summed E-state index contributed by atoms with van der Waals surface area (Å²) in [5.74, 6) is -4.70. The maximum Gasteiger partial charge on any atom is 0.311 e. The van der Waals surface area contributed by atoms with E-state index in [1.54, 1.807) is 0 Å². The molecule has 0 bridgehead atoms. The van der Waals surface area contributed by atoms with Gasteiger partial charge in [-0.1, -0.05) is 18.2 Å². The second-order valence-corrected chi connectivity index (χ2v) is 4.35. The number of carboxylic acid groups (broad SMARTS) is 1. The molecule has 1 atom stereocenters. The minimum absolute atomic E-state index is 0.167. The standard InChI is InChI=1S/C15H11F3O2/c16-10-4-1-3-9(7-10)11(15(19)20)8-12-13(17)5-2-6-14(12)18/h1-7,11H,8H2,(H,19,20). The molecule has 0 heterocycles. The molecule has 2 aromatic rings. The zero-order valence-electron chi connectivity index (χ0n) is 10.3. The summed E-state index contributed by atoms with van der Waals surface area (Å²) < 4.78 is 40.3. The fourth-order valence-corrected chi connectivity index (χ4v) is 2.00. The van der Waals surface area contributed by atoms with Crippen LogP contribution in [0.2, 0.25) is 0 Å². The Bertz CT molecular complexity index is 621. The zero-order chi connectivity index (χ0) is 14.7. The summed E-state index contributed by atoms with van der Waals surface area (Å²) in [6.45, 7) is 0. The van der Waals surface area contributed by atoms with Crippen molar-refractivity contribution in [3.8, 4) is 0 Å². The van der Waals surface area contributed by atoms with Gasteiger partial charge in [0.05, 0.1) is 5.92 Å². The van der Waals surface area contributed by atoms with Crippen LogP contribution in [0.3, 0.4) is 0 Å². The van der Waals surface area contributed by atoms with E-state index in [0.717, 1.165) is 18.2 Å². The molecule has 5 heteroatoms. The molecule has 0 spiro atoms. The molecule has 2 nitrogen and oxygen atoms in total. The van der Waals surface area contributed by atoms with Crippen molar-refractivity contribution >= 4 is 5.97 Å². The van der Waals surface area contributed by atoms with Crippen LogP contribution in [-0.4, -0.2) is 11.1 Å². The summed E-state index contributed by atoms with van der Waals surface area (Å²) >= 11 is 0. The van der Waals surface area contributed by atoms with Gasteiger partial charge in [0.15, 0.2) is 0 Å². The van der Waals surface area contributed by atoms with E-state index in [1.165, 1.54) is 24.3 Å². The van der Waals surface area contributed by atoms with E-state index in [2.05, 4.69) is 0 Å². The highest BCUT2D eigenvalue weighted by Gasteiger charge is 2.24. The van der Waals surface area contributed by atoms with Gasteiger partial charge in [-0.05, 0) is 36.2 Å². The highest BCUT2D eigenvalue weighted by atomic mass is 19.1. The van der Waals surface area contributed by atoms with E-state index in [0.29, 0.717) is 0 Å². The number of rotatable bonds is 4. The Balaban J connectivity index is 2.38. The topological polar surface area (TPSA) is 37.3 Å². The van der Waals surface area contributed by atoms with Crippen molar-refractivity contribution < 1.29 is 23.1 Å². The monoisotopic (exact) mass is 280 g/mol. The molecule has 1 unspecified atom stereocenters. The summed E-state index contributed by atoms with van der Waals surface area (Å²) in [6, 6.07) is 8.32. The number of benzene rings is 2. The SMILES string of the molecule is O=C(O)C(Cc1c(F)cccc1F)c1cccc(F)c1. The second-order valence-electron chi connectivity index (χ2n) is 4.35. The minimum Gasteiger partial charge on any atom is -0.481 e. The average molecular weight is 280 g/mol. The van der Waals surface area contributed by atoms with Crippen molar-refractivity contribution in [2.24, 2.45) is 0 Å². The molecule has 0 aliphatic carbocycles.